The van der Waals surface area contributed by atoms with E-state index in [4.69, 9.17) is 26.8 Å². The quantitative estimate of drug-likeness (QED) is 0.829. The summed E-state index contributed by atoms with van der Waals surface area (Å²) >= 11 is 6.04. The molecular weight excluding hydrogens is 316 g/mol. The molecule has 8 heteroatoms. The first kappa shape index (κ1) is 15.1. The zero-order chi connectivity index (χ0) is 15.1. The summed E-state index contributed by atoms with van der Waals surface area (Å²) in [5.41, 5.74) is 5.95. The Kier molecular flexibility index (Phi) is 3.87. The Morgan fingerprint density at radius 3 is 2.67 bits per heavy atom. The molecule has 2 aliphatic heterocycles. The maximum Gasteiger partial charge on any atom is 0.246 e. The van der Waals surface area contributed by atoms with Gasteiger partial charge in [-0.05, 0) is 18.6 Å². The Morgan fingerprint density at radius 2 is 2.00 bits per heavy atom. The lowest BCUT2D eigenvalue weighted by Crippen LogP contribution is -2.51. The molecular formula is C13H17ClN2O4S. The molecule has 3 rings (SSSR count). The van der Waals surface area contributed by atoms with Crippen molar-refractivity contribution in [1.29, 1.82) is 0 Å². The predicted octanol–water partition coefficient (Wildman–Crippen LogP) is 1.45. The zero-order valence-corrected chi connectivity index (χ0v) is 13.0. The molecule has 2 heterocycles. The van der Waals surface area contributed by atoms with E-state index in [9.17, 15) is 8.42 Å². The van der Waals surface area contributed by atoms with E-state index >= 15 is 0 Å². The second kappa shape index (κ2) is 5.40. The molecule has 2 saturated heterocycles. The van der Waals surface area contributed by atoms with Crippen LogP contribution in [0.5, 0.6) is 0 Å². The van der Waals surface area contributed by atoms with Crippen LogP contribution in [-0.4, -0.2) is 44.8 Å². The third-order valence-corrected chi connectivity index (χ3v) is 6.18. The van der Waals surface area contributed by atoms with Crippen LogP contribution in [-0.2, 0) is 19.5 Å². The van der Waals surface area contributed by atoms with E-state index in [-0.39, 0.29) is 22.2 Å². The number of hydrogen-bond donors (Lipinski definition) is 1. The van der Waals surface area contributed by atoms with Crippen LogP contribution in [0.4, 0.5) is 5.69 Å². The van der Waals surface area contributed by atoms with Crippen LogP contribution >= 0.6 is 11.6 Å². The van der Waals surface area contributed by atoms with Crippen molar-refractivity contribution in [3.63, 3.8) is 0 Å². The molecule has 0 aromatic heterocycles. The van der Waals surface area contributed by atoms with E-state index in [1.165, 1.54) is 16.4 Å². The Bertz CT molecular complexity index is 623. The molecule has 2 N–H and O–H groups in total. The number of anilines is 1. The molecule has 21 heavy (non-hydrogen) atoms. The summed E-state index contributed by atoms with van der Waals surface area (Å²) in [4.78, 5) is -0.0401. The van der Waals surface area contributed by atoms with E-state index in [1.54, 1.807) is 6.07 Å². The Balaban J connectivity index is 1.95. The van der Waals surface area contributed by atoms with E-state index in [0.717, 1.165) is 0 Å². The fraction of sp³-hybridized carbons (Fsp3) is 0.538. The summed E-state index contributed by atoms with van der Waals surface area (Å²) in [6.45, 7) is 1.55. The highest BCUT2D eigenvalue weighted by Crippen LogP contribution is 2.36. The Labute approximate surface area is 128 Å². The monoisotopic (exact) mass is 332 g/mol. The van der Waals surface area contributed by atoms with E-state index in [2.05, 4.69) is 0 Å². The molecule has 0 radical (unpaired) electrons. The van der Waals surface area contributed by atoms with Crippen LogP contribution in [0.3, 0.4) is 0 Å². The first-order chi connectivity index (χ1) is 9.95. The third-order valence-electron chi connectivity index (χ3n) is 3.79. The van der Waals surface area contributed by atoms with Gasteiger partial charge in [0.1, 0.15) is 4.90 Å². The molecule has 0 aliphatic carbocycles. The summed E-state index contributed by atoms with van der Waals surface area (Å²) in [5.74, 6) is -0.818. The maximum atomic E-state index is 12.8. The van der Waals surface area contributed by atoms with Crippen molar-refractivity contribution < 1.29 is 17.9 Å². The molecule has 0 bridgehead atoms. The van der Waals surface area contributed by atoms with Crippen LogP contribution < -0.4 is 5.73 Å². The lowest BCUT2D eigenvalue weighted by Gasteiger charge is -2.37. The molecule has 2 aliphatic rings. The molecule has 1 aromatic carbocycles. The van der Waals surface area contributed by atoms with Crippen molar-refractivity contribution in [3.8, 4) is 0 Å². The van der Waals surface area contributed by atoms with Gasteiger partial charge in [0.15, 0.2) is 5.79 Å². The molecule has 0 amide bonds. The standard InChI is InChI=1S/C13H17ClN2O4S/c14-10-3-1-4-11(15)12(10)21(17,18)16-6-2-5-13(9-16)19-7-8-20-13/h1,3-4H,2,5-9,15H2. The van der Waals surface area contributed by atoms with Crippen molar-refractivity contribution in [2.24, 2.45) is 0 Å². The van der Waals surface area contributed by atoms with E-state index in [1.807, 2.05) is 0 Å². The number of benzene rings is 1. The number of nitrogens with zero attached hydrogens (tertiary/aromatic N) is 1. The highest BCUT2D eigenvalue weighted by molar-refractivity contribution is 7.89. The molecule has 2 fully saturated rings. The van der Waals surface area contributed by atoms with Gasteiger partial charge in [-0.15, -0.1) is 0 Å². The summed E-state index contributed by atoms with van der Waals surface area (Å²) in [6.07, 6.45) is 1.36. The SMILES string of the molecule is Nc1cccc(Cl)c1S(=O)(=O)N1CCCC2(C1)OCCO2. The van der Waals surface area contributed by atoms with Crippen molar-refractivity contribution in [3.05, 3.63) is 23.2 Å². The van der Waals surface area contributed by atoms with Crippen LogP contribution in [0.15, 0.2) is 23.1 Å². The number of hydrogen-bond acceptors (Lipinski definition) is 5. The largest absolute Gasteiger partial charge is 0.398 e. The van der Waals surface area contributed by atoms with Gasteiger partial charge in [-0.25, -0.2) is 8.42 Å². The van der Waals surface area contributed by atoms with Crippen molar-refractivity contribution in [2.75, 3.05) is 32.0 Å². The number of nitrogen functional groups attached to an aromatic ring is 1. The van der Waals surface area contributed by atoms with Crippen molar-refractivity contribution in [2.45, 2.75) is 23.5 Å². The molecule has 6 nitrogen and oxygen atoms in total. The van der Waals surface area contributed by atoms with Crippen LogP contribution in [0, 0.1) is 0 Å². The van der Waals surface area contributed by atoms with Gasteiger partial charge in [-0.3, -0.25) is 0 Å². The summed E-state index contributed by atoms with van der Waals surface area (Å²) in [7, 11) is -3.77. The Morgan fingerprint density at radius 1 is 1.29 bits per heavy atom. The van der Waals surface area contributed by atoms with Gasteiger partial charge in [0, 0.05) is 13.0 Å². The van der Waals surface area contributed by atoms with Gasteiger partial charge in [0.05, 0.1) is 30.5 Å². The van der Waals surface area contributed by atoms with E-state index in [0.29, 0.717) is 32.6 Å². The first-order valence-corrected chi connectivity index (χ1v) is 8.58. The predicted molar refractivity (Wildman–Crippen MR) is 78.5 cm³/mol. The minimum absolute atomic E-state index is 0.0401. The van der Waals surface area contributed by atoms with Crippen LogP contribution in [0.2, 0.25) is 5.02 Å². The lowest BCUT2D eigenvalue weighted by molar-refractivity contribution is -0.179. The second-order valence-electron chi connectivity index (χ2n) is 5.21. The van der Waals surface area contributed by atoms with Gasteiger partial charge in [-0.1, -0.05) is 17.7 Å². The van der Waals surface area contributed by atoms with Crippen LogP contribution in [0.25, 0.3) is 0 Å². The molecule has 0 saturated carbocycles. The molecule has 1 spiro atoms. The van der Waals surface area contributed by atoms with Gasteiger partial charge < -0.3 is 15.2 Å². The molecule has 1 aromatic rings. The van der Waals surface area contributed by atoms with Crippen molar-refractivity contribution >= 4 is 27.3 Å². The molecule has 0 atom stereocenters. The zero-order valence-electron chi connectivity index (χ0n) is 11.4. The van der Waals surface area contributed by atoms with Crippen molar-refractivity contribution in [1.82, 2.24) is 4.31 Å². The number of halogens is 1. The number of ether oxygens (including phenoxy) is 2. The Hall–Kier alpha value is -0.860. The average Bonchev–Trinajstić information content (AvgIpc) is 2.86. The maximum absolute atomic E-state index is 12.8. The fourth-order valence-electron chi connectivity index (χ4n) is 2.82. The first-order valence-electron chi connectivity index (χ1n) is 6.77. The van der Waals surface area contributed by atoms with Crippen LogP contribution in [0.1, 0.15) is 12.8 Å². The third kappa shape index (κ3) is 2.64. The smallest absolute Gasteiger partial charge is 0.246 e. The number of sulfonamides is 1. The average molecular weight is 333 g/mol. The lowest BCUT2D eigenvalue weighted by atomic mass is 10.1. The molecule has 0 unspecified atom stereocenters. The molecule has 116 valence electrons. The van der Waals surface area contributed by atoms with Gasteiger partial charge in [0.2, 0.25) is 10.0 Å². The van der Waals surface area contributed by atoms with Gasteiger partial charge in [-0.2, -0.15) is 4.31 Å². The summed E-state index contributed by atoms with van der Waals surface area (Å²) < 4.78 is 38.2. The van der Waals surface area contributed by atoms with Gasteiger partial charge in [0.25, 0.3) is 0 Å². The van der Waals surface area contributed by atoms with Gasteiger partial charge >= 0.3 is 0 Å². The number of rotatable bonds is 2. The number of nitrogens with two attached hydrogens (primary N) is 1. The normalized spacial score (nSPS) is 22.7. The van der Waals surface area contributed by atoms with E-state index < -0.39 is 15.8 Å². The highest BCUT2D eigenvalue weighted by atomic mass is 35.5. The highest BCUT2D eigenvalue weighted by Gasteiger charge is 2.45. The minimum atomic E-state index is -3.77. The summed E-state index contributed by atoms with van der Waals surface area (Å²) in [5, 5.41) is 0.128. The minimum Gasteiger partial charge on any atom is -0.398 e. The second-order valence-corrected chi connectivity index (χ2v) is 7.49. The number of piperidine rings is 1. The fourth-order valence-corrected chi connectivity index (χ4v) is 4.97. The summed E-state index contributed by atoms with van der Waals surface area (Å²) in [6, 6.07) is 4.67. The topological polar surface area (TPSA) is 81.9 Å².